The fourth-order valence-corrected chi connectivity index (χ4v) is 3.22. The van der Waals surface area contributed by atoms with Crippen LogP contribution in [0.2, 0.25) is 0 Å². The summed E-state index contributed by atoms with van der Waals surface area (Å²) in [4.78, 5) is 27.7. The Balaban J connectivity index is 2.41. The molecule has 0 aliphatic carbocycles. The molecule has 1 fully saturated rings. The van der Waals surface area contributed by atoms with E-state index >= 15 is 0 Å². The molecule has 1 aliphatic heterocycles. The van der Waals surface area contributed by atoms with Crippen molar-refractivity contribution in [1.82, 2.24) is 9.80 Å². The lowest BCUT2D eigenvalue weighted by atomic mass is 9.93. The van der Waals surface area contributed by atoms with Crippen LogP contribution in [0, 0.1) is 5.92 Å². The molecule has 0 spiro atoms. The summed E-state index contributed by atoms with van der Waals surface area (Å²) < 4.78 is 0. The van der Waals surface area contributed by atoms with Crippen LogP contribution in [-0.2, 0) is 9.59 Å². The number of hydrogen-bond donors (Lipinski definition) is 1. The summed E-state index contributed by atoms with van der Waals surface area (Å²) in [5.41, 5.74) is 0. The van der Waals surface area contributed by atoms with E-state index < -0.39 is 11.9 Å². The van der Waals surface area contributed by atoms with E-state index in [1.807, 2.05) is 6.92 Å². The first-order valence-corrected chi connectivity index (χ1v) is 8.74. The summed E-state index contributed by atoms with van der Waals surface area (Å²) in [6, 6.07) is 0.172. The number of amides is 1. The van der Waals surface area contributed by atoms with E-state index in [2.05, 4.69) is 18.7 Å². The first-order valence-electron chi connectivity index (χ1n) is 8.74. The second-order valence-electron chi connectivity index (χ2n) is 6.45. The molecule has 5 heteroatoms. The van der Waals surface area contributed by atoms with Gasteiger partial charge in [-0.05, 0) is 58.7 Å². The number of rotatable bonds is 9. The third kappa shape index (κ3) is 5.95. The molecule has 2 unspecified atom stereocenters. The van der Waals surface area contributed by atoms with E-state index in [0.29, 0.717) is 19.4 Å². The average molecular weight is 312 g/mol. The Hall–Kier alpha value is -1.10. The second kappa shape index (κ2) is 9.82. The van der Waals surface area contributed by atoms with Crippen molar-refractivity contribution in [1.29, 1.82) is 0 Å². The van der Waals surface area contributed by atoms with Crippen LogP contribution in [0.4, 0.5) is 0 Å². The molecule has 1 heterocycles. The maximum Gasteiger partial charge on any atom is 0.308 e. The van der Waals surface area contributed by atoms with Gasteiger partial charge in [-0.25, -0.2) is 0 Å². The average Bonchev–Trinajstić information content (AvgIpc) is 2.47. The Kier molecular flexibility index (Phi) is 8.46. The minimum atomic E-state index is -0.776. The lowest BCUT2D eigenvalue weighted by molar-refractivity contribution is -0.147. The van der Waals surface area contributed by atoms with Gasteiger partial charge in [-0.15, -0.1) is 0 Å². The van der Waals surface area contributed by atoms with Crippen LogP contribution in [-0.4, -0.2) is 59.0 Å². The molecule has 1 saturated heterocycles. The fourth-order valence-electron chi connectivity index (χ4n) is 3.22. The molecule has 0 bridgehead atoms. The number of piperidine rings is 1. The highest BCUT2D eigenvalue weighted by atomic mass is 16.4. The summed E-state index contributed by atoms with van der Waals surface area (Å²) in [6.07, 6.45) is 5.14. The van der Waals surface area contributed by atoms with E-state index in [4.69, 9.17) is 5.11 Å². The molecule has 0 aromatic carbocycles. The molecule has 128 valence electrons. The van der Waals surface area contributed by atoms with Crippen LogP contribution in [0.3, 0.4) is 0 Å². The van der Waals surface area contributed by atoms with Gasteiger partial charge in [0, 0.05) is 19.0 Å². The number of nitrogens with zero attached hydrogens (tertiary/aromatic N) is 2. The Bertz CT molecular complexity index is 354. The summed E-state index contributed by atoms with van der Waals surface area (Å²) in [7, 11) is 0. The Morgan fingerprint density at radius 3 is 2.32 bits per heavy atom. The fraction of sp³-hybridized carbons (Fsp3) is 0.882. The van der Waals surface area contributed by atoms with Crippen molar-refractivity contribution in [3.63, 3.8) is 0 Å². The maximum atomic E-state index is 12.4. The van der Waals surface area contributed by atoms with Gasteiger partial charge in [-0.1, -0.05) is 13.8 Å². The van der Waals surface area contributed by atoms with Crippen LogP contribution in [0.1, 0.15) is 59.3 Å². The number of carbonyl (C=O) groups is 2. The van der Waals surface area contributed by atoms with Gasteiger partial charge in [0.1, 0.15) is 0 Å². The van der Waals surface area contributed by atoms with Crippen molar-refractivity contribution in [2.75, 3.05) is 26.2 Å². The summed E-state index contributed by atoms with van der Waals surface area (Å²) in [5, 5.41) is 9.15. The van der Waals surface area contributed by atoms with Crippen LogP contribution in [0.15, 0.2) is 0 Å². The minimum Gasteiger partial charge on any atom is -0.481 e. The van der Waals surface area contributed by atoms with Gasteiger partial charge in [-0.3, -0.25) is 9.59 Å². The Morgan fingerprint density at radius 1 is 1.14 bits per heavy atom. The zero-order chi connectivity index (χ0) is 16.5. The van der Waals surface area contributed by atoms with Gasteiger partial charge in [0.05, 0.1) is 5.92 Å². The normalized spacial score (nSPS) is 22.1. The number of likely N-dealkylation sites (tertiary alicyclic amines) is 1. The van der Waals surface area contributed by atoms with Crippen molar-refractivity contribution < 1.29 is 14.7 Å². The second-order valence-corrected chi connectivity index (χ2v) is 6.45. The summed E-state index contributed by atoms with van der Waals surface area (Å²) in [6.45, 7) is 9.88. The van der Waals surface area contributed by atoms with E-state index in [1.54, 1.807) is 4.90 Å². The number of carboxylic acid groups (broad SMARTS) is 1. The Morgan fingerprint density at radius 2 is 1.77 bits per heavy atom. The van der Waals surface area contributed by atoms with Crippen molar-refractivity contribution in [2.24, 2.45) is 5.92 Å². The van der Waals surface area contributed by atoms with Gasteiger partial charge in [0.15, 0.2) is 0 Å². The van der Waals surface area contributed by atoms with Gasteiger partial charge < -0.3 is 14.9 Å². The highest BCUT2D eigenvalue weighted by molar-refractivity contribution is 5.78. The van der Waals surface area contributed by atoms with Gasteiger partial charge >= 0.3 is 5.97 Å². The molecule has 1 aliphatic rings. The molecular weight excluding hydrogens is 280 g/mol. The topological polar surface area (TPSA) is 60.9 Å². The smallest absolute Gasteiger partial charge is 0.308 e. The SMILES string of the molecule is CCCN(CCC)CCCC(=O)N1CC(C(=O)O)CCC1C. The van der Waals surface area contributed by atoms with E-state index in [0.717, 1.165) is 45.3 Å². The zero-order valence-corrected chi connectivity index (χ0v) is 14.4. The zero-order valence-electron chi connectivity index (χ0n) is 14.4. The lowest BCUT2D eigenvalue weighted by Gasteiger charge is -2.36. The lowest BCUT2D eigenvalue weighted by Crippen LogP contribution is -2.47. The molecular formula is C17H32N2O3. The van der Waals surface area contributed by atoms with Crippen LogP contribution >= 0.6 is 0 Å². The molecule has 1 rings (SSSR count). The number of carbonyl (C=O) groups excluding carboxylic acids is 1. The number of carboxylic acids is 1. The van der Waals surface area contributed by atoms with E-state index in [9.17, 15) is 9.59 Å². The van der Waals surface area contributed by atoms with Crippen molar-refractivity contribution >= 4 is 11.9 Å². The predicted molar refractivity (Wildman–Crippen MR) is 87.8 cm³/mol. The largest absolute Gasteiger partial charge is 0.481 e. The molecule has 0 saturated carbocycles. The highest BCUT2D eigenvalue weighted by Gasteiger charge is 2.32. The molecule has 5 nitrogen and oxygen atoms in total. The number of hydrogen-bond acceptors (Lipinski definition) is 3. The van der Waals surface area contributed by atoms with Crippen LogP contribution in [0.25, 0.3) is 0 Å². The third-order valence-electron chi connectivity index (χ3n) is 4.50. The van der Waals surface area contributed by atoms with E-state index in [1.165, 1.54) is 0 Å². The standard InChI is InChI=1S/C17H32N2O3/c1-4-10-18(11-5-2)12-6-7-16(20)19-13-15(17(21)22)9-8-14(19)3/h14-15H,4-13H2,1-3H3,(H,21,22). The van der Waals surface area contributed by atoms with Crippen LogP contribution < -0.4 is 0 Å². The summed E-state index contributed by atoms with van der Waals surface area (Å²) >= 11 is 0. The maximum absolute atomic E-state index is 12.4. The molecule has 1 N–H and O–H groups in total. The van der Waals surface area contributed by atoms with Gasteiger partial charge in [-0.2, -0.15) is 0 Å². The third-order valence-corrected chi connectivity index (χ3v) is 4.50. The molecule has 0 aromatic rings. The van der Waals surface area contributed by atoms with Crippen LogP contribution in [0.5, 0.6) is 0 Å². The summed E-state index contributed by atoms with van der Waals surface area (Å²) in [5.74, 6) is -1.05. The highest BCUT2D eigenvalue weighted by Crippen LogP contribution is 2.23. The van der Waals surface area contributed by atoms with Crippen molar-refractivity contribution in [2.45, 2.75) is 65.3 Å². The molecule has 22 heavy (non-hydrogen) atoms. The van der Waals surface area contributed by atoms with Gasteiger partial charge in [0.2, 0.25) is 5.91 Å². The molecule has 0 aromatic heterocycles. The van der Waals surface area contributed by atoms with Gasteiger partial charge in [0.25, 0.3) is 0 Å². The molecule has 1 amide bonds. The van der Waals surface area contributed by atoms with E-state index in [-0.39, 0.29) is 11.9 Å². The quantitative estimate of drug-likeness (QED) is 0.711. The first kappa shape index (κ1) is 18.9. The number of aliphatic carboxylic acids is 1. The minimum absolute atomic E-state index is 0.117. The molecule has 2 atom stereocenters. The van der Waals surface area contributed by atoms with Crippen molar-refractivity contribution in [3.05, 3.63) is 0 Å². The first-order chi connectivity index (χ1) is 10.5. The molecule has 0 radical (unpaired) electrons. The van der Waals surface area contributed by atoms with Crippen molar-refractivity contribution in [3.8, 4) is 0 Å². The predicted octanol–water partition coefficient (Wildman–Crippen LogP) is 2.60. The monoisotopic (exact) mass is 312 g/mol. The Labute approximate surface area is 134 Å².